The van der Waals surface area contributed by atoms with Gasteiger partial charge in [0.15, 0.2) is 0 Å². The zero-order valence-electron chi connectivity index (χ0n) is 8.88. The van der Waals surface area contributed by atoms with E-state index in [9.17, 15) is 0 Å². The lowest BCUT2D eigenvalue weighted by atomic mass is 10.00. The van der Waals surface area contributed by atoms with Gasteiger partial charge in [0.25, 0.3) is 0 Å². The lowest BCUT2D eigenvalue weighted by Gasteiger charge is -2.11. The molecule has 0 aliphatic rings. The Hall–Kier alpha value is 0.440. The minimum atomic E-state index is 0.569. The lowest BCUT2D eigenvalue weighted by molar-refractivity contribution is 0.540. The second-order valence-corrected chi connectivity index (χ2v) is 4.87. The van der Waals surface area contributed by atoms with Crippen LogP contribution in [-0.4, -0.2) is 4.20 Å². The van der Waals surface area contributed by atoms with Crippen LogP contribution in [0.25, 0.3) is 0 Å². The highest BCUT2D eigenvalue weighted by Crippen LogP contribution is 2.18. The lowest BCUT2D eigenvalue weighted by Crippen LogP contribution is -2.05. The standard InChI is InChI=1S/C11H22S2/c1-3-5-6-7-8-9-10(4-2)11(12)13/h10H,3-9H2,1-2H3,(H,12,13). The van der Waals surface area contributed by atoms with E-state index in [1.807, 2.05) is 0 Å². The fourth-order valence-electron chi connectivity index (χ4n) is 1.50. The fraction of sp³-hybridized carbons (Fsp3) is 0.909. The predicted octanol–water partition coefficient (Wildman–Crippen LogP) is 4.63. The molecular weight excluding hydrogens is 196 g/mol. The minimum absolute atomic E-state index is 0.569. The number of thiocarbonyl (C=S) groups is 1. The van der Waals surface area contributed by atoms with Crippen LogP contribution in [0.2, 0.25) is 0 Å². The Bertz CT molecular complexity index is 132. The highest BCUT2D eigenvalue weighted by atomic mass is 32.1. The SMILES string of the molecule is CCCCCCCC(CC)C(=S)S. The molecule has 0 spiro atoms. The molecule has 78 valence electrons. The first-order chi connectivity index (χ1) is 6.22. The fourth-order valence-corrected chi connectivity index (χ4v) is 2.09. The molecule has 0 aromatic heterocycles. The van der Waals surface area contributed by atoms with Gasteiger partial charge in [-0.25, -0.2) is 0 Å². The summed E-state index contributed by atoms with van der Waals surface area (Å²) in [5.41, 5.74) is 0. The first kappa shape index (κ1) is 13.4. The van der Waals surface area contributed by atoms with Crippen LogP contribution in [0.15, 0.2) is 0 Å². The van der Waals surface area contributed by atoms with Gasteiger partial charge in [-0.3, -0.25) is 0 Å². The molecule has 0 aliphatic carbocycles. The maximum absolute atomic E-state index is 5.08. The third-order valence-corrected chi connectivity index (χ3v) is 3.20. The van der Waals surface area contributed by atoms with E-state index in [1.165, 1.54) is 38.5 Å². The van der Waals surface area contributed by atoms with Crippen molar-refractivity contribution in [1.82, 2.24) is 0 Å². The van der Waals surface area contributed by atoms with Crippen LogP contribution in [-0.2, 0) is 0 Å². The minimum Gasteiger partial charge on any atom is -0.136 e. The topological polar surface area (TPSA) is 0 Å². The molecule has 0 rings (SSSR count). The molecule has 0 aliphatic heterocycles. The predicted molar refractivity (Wildman–Crippen MR) is 68.7 cm³/mol. The molecular formula is C11H22S2. The van der Waals surface area contributed by atoms with E-state index in [1.54, 1.807) is 0 Å². The summed E-state index contributed by atoms with van der Waals surface area (Å²) in [5.74, 6) is 0.569. The number of thiol groups is 1. The van der Waals surface area contributed by atoms with Gasteiger partial charge in [0.2, 0.25) is 0 Å². The Morgan fingerprint density at radius 2 is 1.77 bits per heavy atom. The molecule has 0 amide bonds. The smallest absolute Gasteiger partial charge is 0.0478 e. The Morgan fingerprint density at radius 1 is 1.15 bits per heavy atom. The third-order valence-electron chi connectivity index (χ3n) is 2.50. The van der Waals surface area contributed by atoms with Crippen LogP contribution in [0.3, 0.4) is 0 Å². The summed E-state index contributed by atoms with van der Waals surface area (Å²) in [6.07, 6.45) is 9.15. The van der Waals surface area contributed by atoms with Crippen molar-refractivity contribution in [2.45, 2.75) is 58.8 Å². The molecule has 0 saturated heterocycles. The van der Waals surface area contributed by atoms with Crippen LogP contribution in [0.5, 0.6) is 0 Å². The average Bonchev–Trinajstić information content (AvgIpc) is 2.10. The third kappa shape index (κ3) is 7.51. The maximum Gasteiger partial charge on any atom is 0.0478 e. The highest BCUT2D eigenvalue weighted by molar-refractivity contribution is 8.11. The zero-order chi connectivity index (χ0) is 10.1. The quantitative estimate of drug-likeness (QED) is 0.352. The van der Waals surface area contributed by atoms with Gasteiger partial charge in [0.05, 0.1) is 0 Å². The van der Waals surface area contributed by atoms with E-state index in [0.29, 0.717) is 5.92 Å². The van der Waals surface area contributed by atoms with Crippen LogP contribution in [0, 0.1) is 5.92 Å². The van der Waals surface area contributed by atoms with Crippen molar-refractivity contribution < 1.29 is 0 Å². The molecule has 0 N–H and O–H groups in total. The van der Waals surface area contributed by atoms with Gasteiger partial charge in [0, 0.05) is 4.20 Å². The zero-order valence-corrected chi connectivity index (χ0v) is 10.6. The van der Waals surface area contributed by atoms with Crippen molar-refractivity contribution in [2.75, 3.05) is 0 Å². The summed E-state index contributed by atoms with van der Waals surface area (Å²) in [5, 5.41) is 0. The Morgan fingerprint density at radius 3 is 2.23 bits per heavy atom. The van der Waals surface area contributed by atoms with E-state index in [0.717, 1.165) is 10.6 Å². The molecule has 0 nitrogen and oxygen atoms in total. The number of unbranched alkanes of at least 4 members (excludes halogenated alkanes) is 4. The molecule has 0 aromatic rings. The van der Waals surface area contributed by atoms with Gasteiger partial charge in [-0.15, -0.1) is 12.6 Å². The summed E-state index contributed by atoms with van der Waals surface area (Å²) in [7, 11) is 0. The number of hydrogen-bond donors (Lipinski definition) is 1. The van der Waals surface area contributed by atoms with Gasteiger partial charge < -0.3 is 0 Å². The van der Waals surface area contributed by atoms with Gasteiger partial charge >= 0.3 is 0 Å². The first-order valence-corrected chi connectivity index (χ1v) is 6.30. The van der Waals surface area contributed by atoms with Crippen LogP contribution < -0.4 is 0 Å². The van der Waals surface area contributed by atoms with Crippen molar-refractivity contribution in [1.29, 1.82) is 0 Å². The Labute approximate surface area is 93.9 Å². The van der Waals surface area contributed by atoms with E-state index < -0.39 is 0 Å². The molecule has 1 unspecified atom stereocenters. The van der Waals surface area contributed by atoms with Crippen molar-refractivity contribution in [2.24, 2.45) is 5.92 Å². The van der Waals surface area contributed by atoms with Crippen molar-refractivity contribution in [3.63, 3.8) is 0 Å². The monoisotopic (exact) mass is 218 g/mol. The molecule has 0 saturated carbocycles. The van der Waals surface area contributed by atoms with Gasteiger partial charge in [-0.2, -0.15) is 0 Å². The second-order valence-electron chi connectivity index (χ2n) is 3.65. The molecule has 13 heavy (non-hydrogen) atoms. The van der Waals surface area contributed by atoms with E-state index in [4.69, 9.17) is 12.2 Å². The van der Waals surface area contributed by atoms with Crippen LogP contribution in [0.1, 0.15) is 58.8 Å². The summed E-state index contributed by atoms with van der Waals surface area (Å²) in [4.78, 5) is 0. The van der Waals surface area contributed by atoms with E-state index in [2.05, 4.69) is 26.5 Å². The normalized spacial score (nSPS) is 12.8. The number of rotatable bonds is 8. The summed E-state index contributed by atoms with van der Waals surface area (Å²) >= 11 is 9.33. The Kier molecular flexibility index (Phi) is 9.32. The first-order valence-electron chi connectivity index (χ1n) is 5.45. The number of hydrogen-bond acceptors (Lipinski definition) is 1. The summed E-state index contributed by atoms with van der Waals surface area (Å²) < 4.78 is 0.901. The molecule has 0 aromatic carbocycles. The van der Waals surface area contributed by atoms with E-state index >= 15 is 0 Å². The Balaban J connectivity index is 3.33. The highest BCUT2D eigenvalue weighted by Gasteiger charge is 2.07. The van der Waals surface area contributed by atoms with E-state index in [-0.39, 0.29) is 0 Å². The van der Waals surface area contributed by atoms with Crippen molar-refractivity contribution in [3.05, 3.63) is 0 Å². The van der Waals surface area contributed by atoms with Gasteiger partial charge in [-0.1, -0.05) is 58.2 Å². The maximum atomic E-state index is 5.08. The molecule has 2 heteroatoms. The molecule has 1 atom stereocenters. The molecule has 0 fully saturated rings. The molecule has 0 bridgehead atoms. The summed E-state index contributed by atoms with van der Waals surface area (Å²) in [6, 6.07) is 0. The van der Waals surface area contributed by atoms with Crippen molar-refractivity contribution in [3.8, 4) is 0 Å². The van der Waals surface area contributed by atoms with Crippen molar-refractivity contribution >= 4 is 29.0 Å². The molecule has 0 radical (unpaired) electrons. The van der Waals surface area contributed by atoms with Gasteiger partial charge in [-0.05, 0) is 18.8 Å². The largest absolute Gasteiger partial charge is 0.136 e. The molecule has 0 heterocycles. The average molecular weight is 218 g/mol. The second kappa shape index (κ2) is 9.01. The van der Waals surface area contributed by atoms with Gasteiger partial charge in [0.1, 0.15) is 0 Å². The van der Waals surface area contributed by atoms with Crippen LogP contribution >= 0.6 is 24.8 Å². The van der Waals surface area contributed by atoms with Crippen LogP contribution in [0.4, 0.5) is 0 Å². The summed E-state index contributed by atoms with van der Waals surface area (Å²) in [6.45, 7) is 4.44.